The van der Waals surface area contributed by atoms with Crippen LogP contribution in [0.3, 0.4) is 0 Å². The van der Waals surface area contributed by atoms with Gasteiger partial charge in [-0.15, -0.1) is 15.3 Å². The van der Waals surface area contributed by atoms with Crippen LogP contribution in [-0.4, -0.2) is 30.5 Å². The quantitative estimate of drug-likeness (QED) is 0.440. The number of thioether (sulfide) groups is 1. The monoisotopic (exact) mass is 385 g/mol. The maximum atomic E-state index is 4.67. The Morgan fingerprint density at radius 2 is 1.91 bits per heavy atom. The van der Waals surface area contributed by atoms with Crippen LogP contribution >= 0.6 is 46.2 Å². The van der Waals surface area contributed by atoms with Gasteiger partial charge < -0.3 is 0 Å². The number of hydrogen-bond acceptors (Lipinski definition) is 8. The Balaban J connectivity index is 1.68. The smallest absolute Gasteiger partial charge is 0.213 e. The van der Waals surface area contributed by atoms with Gasteiger partial charge in [0.25, 0.3) is 0 Å². The number of hydrogen-bond donors (Lipinski definition) is 0. The first-order valence-corrected chi connectivity index (χ1v) is 10.9. The molecular formula is C14H19N5S4. The summed E-state index contributed by atoms with van der Waals surface area (Å²) in [6, 6.07) is 0. The van der Waals surface area contributed by atoms with E-state index >= 15 is 0 Å². The molecule has 0 bridgehead atoms. The SMILES string of the molecule is CCCCSc1nnc(Sc2nn3cc(C(C)(C)C)nc3s2)s1. The number of fused-ring (bicyclic) bond motifs is 1. The Morgan fingerprint density at radius 3 is 2.61 bits per heavy atom. The third-order valence-electron chi connectivity index (χ3n) is 3.08. The van der Waals surface area contributed by atoms with Crippen molar-refractivity contribution in [2.45, 2.75) is 59.0 Å². The minimum absolute atomic E-state index is 0.0462. The first-order valence-electron chi connectivity index (χ1n) is 7.46. The van der Waals surface area contributed by atoms with Crippen LogP contribution in [0.4, 0.5) is 0 Å². The predicted molar refractivity (Wildman–Crippen MR) is 99.2 cm³/mol. The molecule has 3 heterocycles. The molecule has 3 aromatic heterocycles. The van der Waals surface area contributed by atoms with E-state index in [2.05, 4.69) is 48.0 Å². The van der Waals surface area contributed by atoms with Crippen molar-refractivity contribution in [1.29, 1.82) is 0 Å². The average molecular weight is 386 g/mol. The Morgan fingerprint density at radius 1 is 1.13 bits per heavy atom. The van der Waals surface area contributed by atoms with Crippen molar-refractivity contribution in [3.05, 3.63) is 11.9 Å². The minimum Gasteiger partial charge on any atom is -0.222 e. The van der Waals surface area contributed by atoms with E-state index in [1.165, 1.54) is 12.8 Å². The summed E-state index contributed by atoms with van der Waals surface area (Å²) in [6.07, 6.45) is 4.44. The third-order valence-corrected chi connectivity index (χ3v) is 7.25. The highest BCUT2D eigenvalue weighted by Gasteiger charge is 2.20. The first kappa shape index (κ1) is 17.2. The summed E-state index contributed by atoms with van der Waals surface area (Å²) in [4.78, 5) is 5.60. The molecule has 0 aliphatic heterocycles. The summed E-state index contributed by atoms with van der Waals surface area (Å²) in [5, 5.41) is 13.1. The molecule has 0 aliphatic carbocycles. The lowest BCUT2D eigenvalue weighted by Crippen LogP contribution is -2.11. The van der Waals surface area contributed by atoms with Gasteiger partial charge in [0.05, 0.1) is 11.9 Å². The Hall–Kier alpha value is -0.640. The second-order valence-corrected chi connectivity index (χ2v) is 10.9. The lowest BCUT2D eigenvalue weighted by molar-refractivity contribution is 0.572. The van der Waals surface area contributed by atoms with Crippen LogP contribution in [0.15, 0.2) is 19.2 Å². The van der Waals surface area contributed by atoms with Gasteiger partial charge in [0.2, 0.25) is 4.96 Å². The van der Waals surface area contributed by atoms with Gasteiger partial charge in [-0.3, -0.25) is 0 Å². The van der Waals surface area contributed by atoms with Crippen molar-refractivity contribution in [2.24, 2.45) is 0 Å². The number of imidazole rings is 1. The van der Waals surface area contributed by atoms with Gasteiger partial charge in [-0.1, -0.05) is 68.6 Å². The average Bonchev–Trinajstić information content (AvgIpc) is 3.13. The predicted octanol–water partition coefficient (Wildman–Crippen LogP) is 4.98. The topological polar surface area (TPSA) is 56.0 Å². The molecule has 0 amide bonds. The van der Waals surface area contributed by atoms with Crippen LogP contribution in [0.2, 0.25) is 0 Å². The highest BCUT2D eigenvalue weighted by molar-refractivity contribution is 8.04. The van der Waals surface area contributed by atoms with E-state index in [1.807, 2.05) is 10.7 Å². The zero-order valence-corrected chi connectivity index (χ0v) is 16.8. The van der Waals surface area contributed by atoms with Crippen LogP contribution in [0.1, 0.15) is 46.2 Å². The van der Waals surface area contributed by atoms with Crippen LogP contribution < -0.4 is 0 Å². The van der Waals surface area contributed by atoms with Gasteiger partial charge >= 0.3 is 0 Å². The zero-order chi connectivity index (χ0) is 16.4. The molecule has 0 radical (unpaired) electrons. The van der Waals surface area contributed by atoms with Gasteiger partial charge in [0.15, 0.2) is 13.0 Å². The number of aromatic nitrogens is 5. The molecule has 0 spiro atoms. The summed E-state index contributed by atoms with van der Waals surface area (Å²) in [6.45, 7) is 8.68. The number of unbranched alkanes of at least 4 members (excludes halogenated alkanes) is 1. The van der Waals surface area contributed by atoms with Crippen molar-refractivity contribution < 1.29 is 0 Å². The van der Waals surface area contributed by atoms with E-state index in [0.717, 1.165) is 29.4 Å². The molecule has 0 atom stereocenters. The standard InChI is InChI=1S/C14H19N5S4/c1-5-6-7-20-11-16-17-12(22-11)23-13-18-19-8-9(14(2,3)4)15-10(19)21-13/h8H,5-7H2,1-4H3. The van der Waals surface area contributed by atoms with Crippen molar-refractivity contribution in [2.75, 3.05) is 5.75 Å². The molecule has 0 saturated heterocycles. The molecule has 3 rings (SSSR count). The molecule has 5 nitrogen and oxygen atoms in total. The summed E-state index contributed by atoms with van der Waals surface area (Å²) in [5.74, 6) is 1.11. The zero-order valence-electron chi connectivity index (χ0n) is 13.6. The van der Waals surface area contributed by atoms with Crippen molar-refractivity contribution in [3.63, 3.8) is 0 Å². The fourth-order valence-corrected chi connectivity index (χ4v) is 6.06. The van der Waals surface area contributed by atoms with E-state index in [0.29, 0.717) is 0 Å². The fraction of sp³-hybridized carbons (Fsp3) is 0.571. The first-order chi connectivity index (χ1) is 11.0. The largest absolute Gasteiger partial charge is 0.222 e. The van der Waals surface area contributed by atoms with E-state index in [1.54, 1.807) is 46.2 Å². The number of nitrogens with zero attached hydrogens (tertiary/aromatic N) is 5. The van der Waals surface area contributed by atoms with Crippen LogP contribution in [0.25, 0.3) is 4.96 Å². The van der Waals surface area contributed by atoms with Gasteiger partial charge in [-0.05, 0) is 18.2 Å². The highest BCUT2D eigenvalue weighted by atomic mass is 32.2. The van der Waals surface area contributed by atoms with Crippen LogP contribution in [0.5, 0.6) is 0 Å². The van der Waals surface area contributed by atoms with Gasteiger partial charge in [0.1, 0.15) is 0 Å². The van der Waals surface area contributed by atoms with E-state index in [9.17, 15) is 0 Å². The molecule has 0 aliphatic rings. The summed E-state index contributed by atoms with van der Waals surface area (Å²) < 4.78 is 4.80. The van der Waals surface area contributed by atoms with Crippen molar-refractivity contribution in [1.82, 2.24) is 24.8 Å². The highest BCUT2D eigenvalue weighted by Crippen LogP contribution is 2.36. The lowest BCUT2D eigenvalue weighted by Gasteiger charge is -2.13. The summed E-state index contributed by atoms with van der Waals surface area (Å²) in [5.41, 5.74) is 1.11. The van der Waals surface area contributed by atoms with Crippen molar-refractivity contribution >= 4 is 51.2 Å². The lowest BCUT2D eigenvalue weighted by atomic mass is 9.93. The van der Waals surface area contributed by atoms with E-state index in [-0.39, 0.29) is 5.41 Å². The van der Waals surface area contributed by atoms with Gasteiger partial charge in [-0.25, -0.2) is 9.50 Å². The van der Waals surface area contributed by atoms with Gasteiger partial charge in [-0.2, -0.15) is 0 Å². The second kappa shape index (κ2) is 7.08. The Bertz CT molecular complexity index is 751. The molecule has 124 valence electrons. The van der Waals surface area contributed by atoms with Crippen LogP contribution in [-0.2, 0) is 5.41 Å². The van der Waals surface area contributed by atoms with E-state index in [4.69, 9.17) is 0 Å². The van der Waals surface area contributed by atoms with E-state index < -0.39 is 0 Å². The molecule has 3 aromatic rings. The molecule has 0 unspecified atom stereocenters. The minimum atomic E-state index is 0.0462. The summed E-state index contributed by atoms with van der Waals surface area (Å²) in [7, 11) is 0. The fourth-order valence-electron chi connectivity index (χ4n) is 1.76. The maximum Gasteiger partial charge on any atom is 0.213 e. The third kappa shape index (κ3) is 4.26. The molecular weight excluding hydrogens is 366 g/mol. The molecule has 23 heavy (non-hydrogen) atoms. The number of rotatable bonds is 6. The Kier molecular flexibility index (Phi) is 5.29. The summed E-state index contributed by atoms with van der Waals surface area (Å²) >= 11 is 6.59. The van der Waals surface area contributed by atoms with Crippen molar-refractivity contribution in [3.8, 4) is 0 Å². The maximum absolute atomic E-state index is 4.67. The normalized spacial score (nSPS) is 12.3. The second-order valence-electron chi connectivity index (χ2n) is 6.11. The Labute approximate surface area is 152 Å². The van der Waals surface area contributed by atoms with Gasteiger partial charge in [0, 0.05) is 11.2 Å². The molecule has 0 N–H and O–H groups in total. The molecule has 9 heteroatoms. The molecule has 0 aromatic carbocycles. The molecule has 0 fully saturated rings. The van der Waals surface area contributed by atoms with Crippen LogP contribution in [0, 0.1) is 0 Å². The molecule has 0 saturated carbocycles.